The number of aliphatic carboxylic acids is 1. The van der Waals surface area contributed by atoms with Crippen molar-refractivity contribution in [2.24, 2.45) is 17.8 Å². The van der Waals surface area contributed by atoms with Crippen LogP contribution in [0.15, 0.2) is 35.2 Å². The standard InChI is InChI=1S/C27H43N5O6S/c33-25(30-18-24(27(35)36)32-39(37,38)23-4-2-1-3-5-23)19-31-26(34)22(8-6-20-10-14-28-15-11-20)9-7-21-12-16-29-17-13-21/h1-5,20-22,24,28-29,32H,6-19H2,(H,30,33)(H,31,34)(H,35,36). The first-order valence-electron chi connectivity index (χ1n) is 14.0. The summed E-state index contributed by atoms with van der Waals surface area (Å²) in [6, 6.07) is 5.84. The molecule has 1 aromatic carbocycles. The van der Waals surface area contributed by atoms with Crippen molar-refractivity contribution in [2.45, 2.75) is 62.3 Å². The van der Waals surface area contributed by atoms with Gasteiger partial charge in [0.1, 0.15) is 6.04 Å². The first-order valence-corrected chi connectivity index (χ1v) is 15.5. The molecule has 0 spiro atoms. The Hall–Kier alpha value is -2.54. The number of carboxylic acid groups (broad SMARTS) is 1. The Morgan fingerprint density at radius 2 is 1.41 bits per heavy atom. The van der Waals surface area contributed by atoms with Crippen LogP contribution in [0, 0.1) is 17.8 Å². The molecular formula is C27H43N5O6S. The molecule has 1 atom stereocenters. The van der Waals surface area contributed by atoms with E-state index in [1.165, 1.54) is 24.3 Å². The molecule has 11 nitrogen and oxygen atoms in total. The van der Waals surface area contributed by atoms with Gasteiger partial charge in [0.2, 0.25) is 21.8 Å². The molecule has 0 aromatic heterocycles. The second-order valence-electron chi connectivity index (χ2n) is 10.6. The summed E-state index contributed by atoms with van der Waals surface area (Å²) in [5, 5.41) is 21.4. The van der Waals surface area contributed by atoms with Crippen LogP contribution in [0.4, 0.5) is 0 Å². The number of sulfonamides is 1. The average Bonchev–Trinajstić information content (AvgIpc) is 2.95. The lowest BCUT2D eigenvalue weighted by Gasteiger charge is -2.27. The monoisotopic (exact) mass is 565 g/mol. The average molecular weight is 566 g/mol. The SMILES string of the molecule is O=C(CNC(=O)C(CCC1CCNCC1)CCC1CCNCC1)NCC(NS(=O)(=O)c1ccccc1)C(=O)O. The lowest BCUT2D eigenvalue weighted by Crippen LogP contribution is -2.50. The van der Waals surface area contributed by atoms with Crippen LogP contribution >= 0.6 is 0 Å². The number of hydrogen-bond acceptors (Lipinski definition) is 7. The van der Waals surface area contributed by atoms with E-state index in [9.17, 15) is 27.9 Å². The van der Waals surface area contributed by atoms with Gasteiger partial charge in [-0.3, -0.25) is 14.4 Å². The van der Waals surface area contributed by atoms with Gasteiger partial charge in [-0.2, -0.15) is 4.72 Å². The Labute approximate surface area is 231 Å². The molecule has 1 aromatic rings. The minimum absolute atomic E-state index is 0.0742. The summed E-state index contributed by atoms with van der Waals surface area (Å²) >= 11 is 0. The zero-order valence-corrected chi connectivity index (χ0v) is 23.3. The summed E-state index contributed by atoms with van der Waals surface area (Å²) in [5.74, 6) is -1.12. The molecule has 0 bridgehead atoms. The Morgan fingerprint density at radius 3 is 1.92 bits per heavy atom. The van der Waals surface area contributed by atoms with Crippen LogP contribution in [0.3, 0.4) is 0 Å². The molecule has 2 amide bonds. The Kier molecular flexibility index (Phi) is 12.6. The number of benzene rings is 1. The van der Waals surface area contributed by atoms with Gasteiger partial charge >= 0.3 is 5.97 Å². The van der Waals surface area contributed by atoms with Gasteiger partial charge in [-0.25, -0.2) is 8.42 Å². The Balaban J connectivity index is 1.48. The second kappa shape index (κ2) is 15.9. The van der Waals surface area contributed by atoms with Crippen molar-refractivity contribution in [1.82, 2.24) is 26.0 Å². The molecule has 6 N–H and O–H groups in total. The number of hydrogen-bond donors (Lipinski definition) is 6. The van der Waals surface area contributed by atoms with Crippen LogP contribution in [0.2, 0.25) is 0 Å². The molecule has 12 heteroatoms. The fourth-order valence-electron chi connectivity index (χ4n) is 5.25. The van der Waals surface area contributed by atoms with Gasteiger partial charge in [-0.1, -0.05) is 18.2 Å². The third-order valence-corrected chi connectivity index (χ3v) is 9.20. The summed E-state index contributed by atoms with van der Waals surface area (Å²) in [4.78, 5) is 37.1. The van der Waals surface area contributed by atoms with E-state index in [2.05, 4.69) is 26.0 Å². The minimum Gasteiger partial charge on any atom is -0.480 e. The summed E-state index contributed by atoms with van der Waals surface area (Å²) < 4.78 is 27.1. The second-order valence-corrected chi connectivity index (χ2v) is 12.3. The molecule has 39 heavy (non-hydrogen) atoms. The lowest BCUT2D eigenvalue weighted by atomic mass is 9.84. The summed E-state index contributed by atoms with van der Waals surface area (Å²) in [6.45, 7) is 3.29. The highest BCUT2D eigenvalue weighted by atomic mass is 32.2. The van der Waals surface area contributed by atoms with E-state index < -0.39 is 34.5 Å². The number of rotatable bonds is 15. The fraction of sp³-hybridized carbons (Fsp3) is 0.667. The van der Waals surface area contributed by atoms with E-state index in [0.29, 0.717) is 11.8 Å². The van der Waals surface area contributed by atoms with Gasteiger partial charge in [0.05, 0.1) is 11.4 Å². The summed E-state index contributed by atoms with van der Waals surface area (Å²) in [6.07, 6.45) is 8.00. The summed E-state index contributed by atoms with van der Waals surface area (Å²) in [5.41, 5.74) is 0. The topological polar surface area (TPSA) is 166 Å². The number of carbonyl (C=O) groups excluding carboxylic acids is 2. The number of piperidine rings is 2. The van der Waals surface area contributed by atoms with Gasteiger partial charge < -0.3 is 26.4 Å². The van der Waals surface area contributed by atoms with E-state index in [4.69, 9.17) is 0 Å². The van der Waals surface area contributed by atoms with E-state index in [1.54, 1.807) is 6.07 Å². The maximum atomic E-state index is 13.1. The number of carboxylic acids is 1. The van der Waals surface area contributed by atoms with Crippen molar-refractivity contribution in [3.05, 3.63) is 30.3 Å². The predicted molar refractivity (Wildman–Crippen MR) is 147 cm³/mol. The predicted octanol–water partition coefficient (Wildman–Crippen LogP) is 0.826. The largest absolute Gasteiger partial charge is 0.480 e. The lowest BCUT2D eigenvalue weighted by molar-refractivity contribution is -0.139. The highest BCUT2D eigenvalue weighted by molar-refractivity contribution is 7.89. The smallest absolute Gasteiger partial charge is 0.323 e. The van der Waals surface area contributed by atoms with Gasteiger partial charge in [-0.05, 0) is 102 Å². The van der Waals surface area contributed by atoms with Gasteiger partial charge in [0, 0.05) is 12.5 Å². The third kappa shape index (κ3) is 10.9. The van der Waals surface area contributed by atoms with Crippen LogP contribution in [-0.4, -0.2) is 76.6 Å². The molecule has 2 saturated heterocycles. The molecule has 218 valence electrons. The minimum atomic E-state index is -4.08. The molecule has 0 saturated carbocycles. The zero-order chi connectivity index (χ0) is 28.1. The number of amides is 2. The fourth-order valence-corrected chi connectivity index (χ4v) is 6.46. The van der Waals surface area contributed by atoms with Crippen LogP contribution in [0.5, 0.6) is 0 Å². The molecule has 2 aliphatic rings. The van der Waals surface area contributed by atoms with Crippen molar-refractivity contribution in [1.29, 1.82) is 0 Å². The van der Waals surface area contributed by atoms with Crippen LogP contribution in [0.1, 0.15) is 51.4 Å². The van der Waals surface area contributed by atoms with Crippen molar-refractivity contribution in [2.75, 3.05) is 39.3 Å². The maximum Gasteiger partial charge on any atom is 0.323 e. The highest BCUT2D eigenvalue weighted by Crippen LogP contribution is 2.26. The van der Waals surface area contributed by atoms with Crippen LogP contribution < -0.4 is 26.0 Å². The molecule has 2 heterocycles. The van der Waals surface area contributed by atoms with Crippen molar-refractivity contribution < 1.29 is 27.9 Å². The molecule has 2 fully saturated rings. The first kappa shape index (κ1) is 31.0. The highest BCUT2D eigenvalue weighted by Gasteiger charge is 2.27. The molecule has 0 aliphatic carbocycles. The van der Waals surface area contributed by atoms with Crippen LogP contribution in [-0.2, 0) is 24.4 Å². The number of nitrogens with one attached hydrogen (secondary N) is 5. The van der Waals surface area contributed by atoms with E-state index >= 15 is 0 Å². The van der Waals surface area contributed by atoms with Gasteiger partial charge in [-0.15, -0.1) is 0 Å². The van der Waals surface area contributed by atoms with Crippen molar-refractivity contribution in [3.63, 3.8) is 0 Å². The van der Waals surface area contributed by atoms with E-state index in [-0.39, 0.29) is 23.3 Å². The van der Waals surface area contributed by atoms with E-state index in [0.717, 1.165) is 77.5 Å². The number of carbonyl (C=O) groups is 3. The van der Waals surface area contributed by atoms with Crippen molar-refractivity contribution in [3.8, 4) is 0 Å². The maximum absolute atomic E-state index is 13.1. The van der Waals surface area contributed by atoms with E-state index in [1.807, 2.05) is 0 Å². The van der Waals surface area contributed by atoms with Gasteiger partial charge in [0.15, 0.2) is 0 Å². The Bertz CT molecular complexity index is 1000. The molecule has 2 aliphatic heterocycles. The summed E-state index contributed by atoms with van der Waals surface area (Å²) in [7, 11) is -4.08. The molecular weight excluding hydrogens is 522 g/mol. The molecule has 0 radical (unpaired) electrons. The molecule has 3 rings (SSSR count). The van der Waals surface area contributed by atoms with Gasteiger partial charge in [0.25, 0.3) is 0 Å². The first-order chi connectivity index (χ1) is 18.7. The quantitative estimate of drug-likeness (QED) is 0.182. The van der Waals surface area contributed by atoms with Crippen molar-refractivity contribution >= 4 is 27.8 Å². The Morgan fingerprint density at radius 1 is 0.872 bits per heavy atom. The zero-order valence-electron chi connectivity index (χ0n) is 22.5. The normalized spacial score (nSPS) is 18.0. The third-order valence-electron chi connectivity index (χ3n) is 7.71. The van der Waals surface area contributed by atoms with Crippen LogP contribution in [0.25, 0.3) is 0 Å². The molecule has 1 unspecified atom stereocenters.